The first-order valence-corrected chi connectivity index (χ1v) is 6.90. The fourth-order valence-electron chi connectivity index (χ4n) is 3.53. The van der Waals surface area contributed by atoms with E-state index in [2.05, 4.69) is 16.7 Å². The smallest absolute Gasteiger partial charge is 0.227 e. The summed E-state index contributed by atoms with van der Waals surface area (Å²) in [6, 6.07) is 8.07. The van der Waals surface area contributed by atoms with Gasteiger partial charge >= 0.3 is 0 Å². The van der Waals surface area contributed by atoms with Crippen molar-refractivity contribution in [3.05, 3.63) is 29.8 Å². The normalized spacial score (nSPS) is 24.1. The maximum Gasteiger partial charge on any atom is 0.227 e. The fraction of sp³-hybridized carbons (Fsp3) is 0.533. The van der Waals surface area contributed by atoms with Gasteiger partial charge in [-0.25, -0.2) is 0 Å². The lowest BCUT2D eigenvalue weighted by atomic mass is 9.68. The molecule has 2 saturated heterocycles. The summed E-state index contributed by atoms with van der Waals surface area (Å²) in [5, 5.41) is 6.40. The van der Waals surface area contributed by atoms with Crippen LogP contribution in [0.4, 0.5) is 0 Å². The first-order chi connectivity index (χ1) is 9.28. The van der Waals surface area contributed by atoms with Crippen LogP contribution in [0.1, 0.15) is 24.3 Å². The van der Waals surface area contributed by atoms with E-state index < -0.39 is 0 Å². The number of hydrogen-bond donors (Lipinski definition) is 2. The third-order valence-electron chi connectivity index (χ3n) is 4.60. The van der Waals surface area contributed by atoms with Gasteiger partial charge in [-0.3, -0.25) is 4.79 Å². The summed E-state index contributed by atoms with van der Waals surface area (Å²) in [6.45, 7) is 2.55. The Kier molecular flexibility index (Phi) is 4.55. The number of carbonyl (C=O) groups is 1. The summed E-state index contributed by atoms with van der Waals surface area (Å²) < 4.78 is 5.47. The Morgan fingerprint density at radius 2 is 1.95 bits per heavy atom. The number of hydrogen-bond acceptors (Lipinski definition) is 3. The van der Waals surface area contributed by atoms with E-state index in [0.29, 0.717) is 0 Å². The van der Waals surface area contributed by atoms with E-state index in [1.165, 1.54) is 0 Å². The molecule has 4 nitrogen and oxygen atoms in total. The number of ether oxygens (including phenoxy) is 1. The summed E-state index contributed by atoms with van der Waals surface area (Å²) in [4.78, 5) is 12.4. The molecule has 2 heterocycles. The Bertz CT molecular complexity index is 487. The zero-order chi connectivity index (χ0) is 13.3. The third kappa shape index (κ3) is 2.27. The van der Waals surface area contributed by atoms with Crippen LogP contribution in [0.25, 0.3) is 0 Å². The maximum atomic E-state index is 12.4. The van der Waals surface area contributed by atoms with Crippen LogP contribution in [0, 0.1) is 5.41 Å². The molecule has 1 aromatic carbocycles. The number of amides is 1. The van der Waals surface area contributed by atoms with E-state index in [0.717, 1.165) is 43.8 Å². The lowest BCUT2D eigenvalue weighted by Gasteiger charge is -2.36. The summed E-state index contributed by atoms with van der Waals surface area (Å²) in [7, 11) is 1.69. The monoisotopic (exact) mass is 296 g/mol. The third-order valence-corrected chi connectivity index (χ3v) is 4.60. The second-order valence-electron chi connectivity index (χ2n) is 5.41. The van der Waals surface area contributed by atoms with Crippen molar-refractivity contribution in [2.45, 2.75) is 18.8 Å². The average Bonchev–Trinajstić information content (AvgIpc) is 2.77. The van der Waals surface area contributed by atoms with Crippen molar-refractivity contribution < 1.29 is 9.53 Å². The lowest BCUT2D eigenvalue weighted by Crippen LogP contribution is -2.44. The highest BCUT2D eigenvalue weighted by Crippen LogP contribution is 2.48. The van der Waals surface area contributed by atoms with E-state index in [9.17, 15) is 4.79 Å². The van der Waals surface area contributed by atoms with Crippen molar-refractivity contribution in [3.63, 3.8) is 0 Å². The predicted octanol–water partition coefficient (Wildman–Crippen LogP) is 1.70. The second-order valence-corrected chi connectivity index (χ2v) is 5.41. The van der Waals surface area contributed by atoms with Gasteiger partial charge in [0.15, 0.2) is 0 Å². The number of benzene rings is 1. The van der Waals surface area contributed by atoms with Gasteiger partial charge in [0.25, 0.3) is 0 Å². The highest BCUT2D eigenvalue weighted by Gasteiger charge is 2.51. The van der Waals surface area contributed by atoms with Crippen LogP contribution in [-0.2, 0) is 4.79 Å². The molecule has 1 amide bonds. The molecule has 2 N–H and O–H groups in total. The Balaban J connectivity index is 0.00000147. The minimum Gasteiger partial charge on any atom is -0.496 e. The second kappa shape index (κ2) is 6.02. The lowest BCUT2D eigenvalue weighted by molar-refractivity contribution is -0.129. The Morgan fingerprint density at radius 3 is 2.65 bits per heavy atom. The Morgan fingerprint density at radius 1 is 1.25 bits per heavy atom. The Labute approximate surface area is 125 Å². The molecular formula is C15H21ClN2O2. The molecule has 0 bridgehead atoms. The molecule has 1 unspecified atom stereocenters. The van der Waals surface area contributed by atoms with Crippen molar-refractivity contribution >= 4 is 18.3 Å². The van der Waals surface area contributed by atoms with Gasteiger partial charge in [0.2, 0.25) is 5.91 Å². The van der Waals surface area contributed by atoms with Crippen LogP contribution in [0.3, 0.4) is 0 Å². The number of halogens is 1. The van der Waals surface area contributed by atoms with Crippen molar-refractivity contribution in [2.75, 3.05) is 26.7 Å². The molecule has 2 fully saturated rings. The van der Waals surface area contributed by atoms with Crippen LogP contribution in [0.2, 0.25) is 0 Å². The fourth-order valence-corrected chi connectivity index (χ4v) is 3.53. The van der Waals surface area contributed by atoms with E-state index in [4.69, 9.17) is 4.74 Å². The summed E-state index contributed by atoms with van der Waals surface area (Å²) in [5.41, 5.74) is 0.908. The molecule has 1 aromatic rings. The maximum absolute atomic E-state index is 12.4. The van der Waals surface area contributed by atoms with Crippen molar-refractivity contribution in [1.29, 1.82) is 0 Å². The largest absolute Gasteiger partial charge is 0.496 e. The molecule has 0 saturated carbocycles. The summed E-state index contributed by atoms with van der Waals surface area (Å²) >= 11 is 0. The van der Waals surface area contributed by atoms with Gasteiger partial charge in [0.05, 0.1) is 12.5 Å². The van der Waals surface area contributed by atoms with E-state index in [-0.39, 0.29) is 29.6 Å². The van der Waals surface area contributed by atoms with Crippen LogP contribution in [-0.4, -0.2) is 32.7 Å². The van der Waals surface area contributed by atoms with Gasteiger partial charge in [-0.15, -0.1) is 12.4 Å². The standard InChI is InChI=1S/C15H20N2O2.ClH/c1-19-13-5-3-2-4-11(13)12-10-17-14(18)15(12)6-8-16-9-7-15;/h2-5,12,16H,6-10H2,1H3,(H,17,18);1H. The first kappa shape index (κ1) is 15.1. The Hall–Kier alpha value is -1.26. The van der Waals surface area contributed by atoms with Crippen LogP contribution < -0.4 is 15.4 Å². The minimum absolute atomic E-state index is 0. The number of rotatable bonds is 2. The first-order valence-electron chi connectivity index (χ1n) is 6.90. The van der Waals surface area contributed by atoms with Gasteiger partial charge < -0.3 is 15.4 Å². The van der Waals surface area contributed by atoms with E-state index in [1.54, 1.807) is 7.11 Å². The molecule has 2 aliphatic heterocycles. The van der Waals surface area contributed by atoms with E-state index >= 15 is 0 Å². The quantitative estimate of drug-likeness (QED) is 0.873. The molecular weight excluding hydrogens is 276 g/mol. The molecule has 3 rings (SSSR count). The van der Waals surface area contributed by atoms with Crippen molar-refractivity contribution in [3.8, 4) is 5.75 Å². The highest BCUT2D eigenvalue weighted by molar-refractivity contribution is 5.87. The van der Waals surface area contributed by atoms with Crippen LogP contribution in [0.5, 0.6) is 5.75 Å². The number of piperidine rings is 1. The van der Waals surface area contributed by atoms with Gasteiger partial charge in [-0.2, -0.15) is 0 Å². The predicted molar refractivity (Wildman–Crippen MR) is 80.5 cm³/mol. The molecule has 1 spiro atoms. The molecule has 1 atom stereocenters. The number of nitrogens with one attached hydrogen (secondary N) is 2. The van der Waals surface area contributed by atoms with Crippen molar-refractivity contribution in [2.24, 2.45) is 5.41 Å². The van der Waals surface area contributed by atoms with Gasteiger partial charge in [-0.1, -0.05) is 18.2 Å². The van der Waals surface area contributed by atoms with Gasteiger partial charge in [-0.05, 0) is 32.0 Å². The van der Waals surface area contributed by atoms with E-state index in [1.807, 2.05) is 18.2 Å². The molecule has 20 heavy (non-hydrogen) atoms. The van der Waals surface area contributed by atoms with Crippen LogP contribution in [0.15, 0.2) is 24.3 Å². The summed E-state index contributed by atoms with van der Waals surface area (Å²) in [5.74, 6) is 1.32. The SMILES string of the molecule is COc1ccccc1C1CNC(=O)C12CCNCC2.Cl. The number of para-hydroxylation sites is 1. The molecule has 2 aliphatic rings. The topological polar surface area (TPSA) is 50.4 Å². The zero-order valence-corrected chi connectivity index (χ0v) is 12.5. The van der Waals surface area contributed by atoms with Gasteiger partial charge in [0.1, 0.15) is 5.75 Å². The molecule has 0 radical (unpaired) electrons. The molecule has 5 heteroatoms. The molecule has 110 valence electrons. The highest BCUT2D eigenvalue weighted by atomic mass is 35.5. The van der Waals surface area contributed by atoms with Gasteiger partial charge in [0, 0.05) is 18.0 Å². The number of methoxy groups -OCH3 is 1. The minimum atomic E-state index is -0.250. The zero-order valence-electron chi connectivity index (χ0n) is 11.6. The average molecular weight is 297 g/mol. The molecule has 0 aliphatic carbocycles. The summed E-state index contributed by atoms with van der Waals surface area (Å²) in [6.07, 6.45) is 1.81. The number of carbonyl (C=O) groups excluding carboxylic acids is 1. The molecule has 0 aromatic heterocycles. The van der Waals surface area contributed by atoms with Crippen LogP contribution >= 0.6 is 12.4 Å². The van der Waals surface area contributed by atoms with Crippen molar-refractivity contribution in [1.82, 2.24) is 10.6 Å².